The summed E-state index contributed by atoms with van der Waals surface area (Å²) in [6.45, 7) is -2.96. The highest BCUT2D eigenvalue weighted by atomic mass is 19.3. The summed E-state index contributed by atoms with van der Waals surface area (Å²) >= 11 is 0. The molecule has 23 heavy (non-hydrogen) atoms. The summed E-state index contributed by atoms with van der Waals surface area (Å²) < 4.78 is 39.0. The number of halogens is 2. The lowest BCUT2D eigenvalue weighted by Gasteiger charge is -2.09. The van der Waals surface area contributed by atoms with E-state index in [0.717, 1.165) is 0 Å². The van der Waals surface area contributed by atoms with E-state index in [1.165, 1.54) is 43.5 Å². The molecule has 0 aliphatic heterocycles. The number of ether oxygens (including phenoxy) is 3. The Morgan fingerprint density at radius 3 is 2.61 bits per heavy atom. The number of alkyl halides is 2. The van der Waals surface area contributed by atoms with E-state index < -0.39 is 11.5 Å². The molecule has 0 heterocycles. The fraction of sp³-hybridized carbons (Fsp3) is 0.200. The fourth-order valence-electron chi connectivity index (χ4n) is 1.86. The molecule has 0 saturated carbocycles. The molecule has 0 saturated heterocycles. The summed E-state index contributed by atoms with van der Waals surface area (Å²) in [4.78, 5) is 10.5. The molecule has 0 radical (unpaired) electrons. The Hall–Kier alpha value is -2.90. The van der Waals surface area contributed by atoms with Crippen molar-refractivity contribution in [3.8, 4) is 17.2 Å². The molecule has 2 aromatic carbocycles. The van der Waals surface area contributed by atoms with E-state index in [0.29, 0.717) is 11.3 Å². The van der Waals surface area contributed by atoms with Crippen molar-refractivity contribution in [2.75, 3.05) is 7.11 Å². The molecule has 0 unspecified atom stereocenters. The Balaban J connectivity index is 2.13. The number of nitro groups is 1. The van der Waals surface area contributed by atoms with E-state index in [1.807, 2.05) is 0 Å². The van der Waals surface area contributed by atoms with Crippen molar-refractivity contribution >= 4 is 5.69 Å². The molecule has 0 amide bonds. The Morgan fingerprint density at radius 1 is 1.17 bits per heavy atom. The van der Waals surface area contributed by atoms with E-state index in [9.17, 15) is 18.9 Å². The van der Waals surface area contributed by atoms with E-state index in [2.05, 4.69) is 4.74 Å². The highest BCUT2D eigenvalue weighted by Crippen LogP contribution is 2.31. The Bertz CT molecular complexity index is 693. The molecule has 0 spiro atoms. The summed E-state index contributed by atoms with van der Waals surface area (Å²) in [7, 11) is 1.40. The lowest BCUT2D eigenvalue weighted by atomic mass is 10.2. The van der Waals surface area contributed by atoms with Crippen LogP contribution in [-0.4, -0.2) is 18.6 Å². The molecule has 8 heteroatoms. The smallest absolute Gasteiger partial charge is 0.387 e. The number of hydrogen-bond donors (Lipinski definition) is 0. The molecule has 0 aliphatic carbocycles. The molecule has 0 aliphatic rings. The Labute approximate surface area is 130 Å². The Morgan fingerprint density at radius 2 is 1.96 bits per heavy atom. The van der Waals surface area contributed by atoms with Gasteiger partial charge in [0.25, 0.3) is 0 Å². The maximum Gasteiger partial charge on any atom is 0.387 e. The van der Waals surface area contributed by atoms with Gasteiger partial charge >= 0.3 is 12.3 Å². The molecule has 2 aromatic rings. The van der Waals surface area contributed by atoms with Crippen molar-refractivity contribution in [1.29, 1.82) is 0 Å². The van der Waals surface area contributed by atoms with Gasteiger partial charge in [-0.2, -0.15) is 8.78 Å². The van der Waals surface area contributed by atoms with Crippen LogP contribution in [0.4, 0.5) is 14.5 Å². The van der Waals surface area contributed by atoms with Crippen molar-refractivity contribution in [3.05, 3.63) is 58.1 Å². The van der Waals surface area contributed by atoms with Crippen LogP contribution < -0.4 is 14.2 Å². The molecule has 6 nitrogen and oxygen atoms in total. The zero-order valence-electron chi connectivity index (χ0n) is 12.1. The molecular formula is C15H13F2NO5. The second-order valence-corrected chi connectivity index (χ2v) is 4.41. The van der Waals surface area contributed by atoms with Gasteiger partial charge in [0.1, 0.15) is 18.1 Å². The van der Waals surface area contributed by atoms with Crippen molar-refractivity contribution in [1.82, 2.24) is 0 Å². The van der Waals surface area contributed by atoms with Crippen LogP contribution in [0.2, 0.25) is 0 Å². The fourth-order valence-corrected chi connectivity index (χ4v) is 1.86. The van der Waals surface area contributed by atoms with Gasteiger partial charge in [0.2, 0.25) is 0 Å². The first-order valence-corrected chi connectivity index (χ1v) is 6.48. The molecule has 122 valence electrons. The van der Waals surface area contributed by atoms with Crippen LogP contribution >= 0.6 is 0 Å². The molecular weight excluding hydrogens is 312 g/mol. The topological polar surface area (TPSA) is 70.8 Å². The van der Waals surface area contributed by atoms with Gasteiger partial charge in [0.05, 0.1) is 18.1 Å². The summed E-state index contributed by atoms with van der Waals surface area (Å²) in [5, 5.41) is 11.0. The summed E-state index contributed by atoms with van der Waals surface area (Å²) in [5.41, 5.74) is 0.289. The Kier molecular flexibility index (Phi) is 5.29. The number of hydrogen-bond acceptors (Lipinski definition) is 5. The lowest BCUT2D eigenvalue weighted by Crippen LogP contribution is -2.03. The minimum atomic E-state index is -2.92. The van der Waals surface area contributed by atoms with Crippen LogP contribution in [0, 0.1) is 10.1 Å². The van der Waals surface area contributed by atoms with Gasteiger partial charge in [-0.15, -0.1) is 0 Å². The maximum atomic E-state index is 12.2. The lowest BCUT2D eigenvalue weighted by molar-refractivity contribution is -0.386. The molecule has 0 N–H and O–H groups in total. The summed E-state index contributed by atoms with van der Waals surface area (Å²) in [5.74, 6) is 0.373. The number of methoxy groups -OCH3 is 1. The van der Waals surface area contributed by atoms with Crippen LogP contribution in [-0.2, 0) is 6.61 Å². The van der Waals surface area contributed by atoms with Crippen LogP contribution in [0.5, 0.6) is 17.2 Å². The van der Waals surface area contributed by atoms with Crippen LogP contribution in [0.1, 0.15) is 5.56 Å². The van der Waals surface area contributed by atoms with Crippen LogP contribution in [0.25, 0.3) is 0 Å². The second-order valence-electron chi connectivity index (χ2n) is 4.41. The predicted molar refractivity (Wildman–Crippen MR) is 77.1 cm³/mol. The summed E-state index contributed by atoms with van der Waals surface area (Å²) in [6.07, 6.45) is 0. The first kappa shape index (κ1) is 16.5. The zero-order valence-corrected chi connectivity index (χ0v) is 12.1. The van der Waals surface area contributed by atoms with E-state index >= 15 is 0 Å². The number of rotatable bonds is 7. The highest BCUT2D eigenvalue weighted by molar-refractivity contribution is 5.51. The van der Waals surface area contributed by atoms with Gasteiger partial charge in [0.15, 0.2) is 5.75 Å². The molecule has 0 bridgehead atoms. The highest BCUT2D eigenvalue weighted by Gasteiger charge is 2.16. The van der Waals surface area contributed by atoms with Crippen molar-refractivity contribution in [2.24, 2.45) is 0 Å². The quantitative estimate of drug-likeness (QED) is 0.572. The second kappa shape index (κ2) is 7.39. The van der Waals surface area contributed by atoms with Gasteiger partial charge in [0, 0.05) is 0 Å². The first-order chi connectivity index (χ1) is 11.0. The van der Waals surface area contributed by atoms with Gasteiger partial charge in [-0.1, -0.05) is 12.1 Å². The minimum absolute atomic E-state index is 0.00895. The van der Waals surface area contributed by atoms with Gasteiger partial charge in [-0.3, -0.25) is 10.1 Å². The molecule has 2 rings (SSSR count). The predicted octanol–water partition coefficient (Wildman–Crippen LogP) is 3.78. The first-order valence-electron chi connectivity index (χ1n) is 6.48. The SMILES string of the molecule is COc1ccc(OCc2cccc(OC(F)F)c2)c([N+](=O)[O-])c1. The average Bonchev–Trinajstić information content (AvgIpc) is 2.52. The maximum absolute atomic E-state index is 12.2. The van der Waals surface area contributed by atoms with Gasteiger partial charge in [-0.25, -0.2) is 0 Å². The third-order valence-corrected chi connectivity index (χ3v) is 2.88. The molecule has 0 aromatic heterocycles. The van der Waals surface area contributed by atoms with Gasteiger partial charge < -0.3 is 14.2 Å². The molecule has 0 atom stereocenters. The number of nitrogens with zero attached hydrogens (tertiary/aromatic N) is 1. The monoisotopic (exact) mass is 325 g/mol. The largest absolute Gasteiger partial charge is 0.496 e. The zero-order chi connectivity index (χ0) is 16.8. The number of nitro benzene ring substituents is 1. The van der Waals surface area contributed by atoms with Gasteiger partial charge in [-0.05, 0) is 29.8 Å². The van der Waals surface area contributed by atoms with Crippen LogP contribution in [0.3, 0.4) is 0 Å². The average molecular weight is 325 g/mol. The number of benzene rings is 2. The molecule has 0 fully saturated rings. The van der Waals surface area contributed by atoms with Crippen LogP contribution in [0.15, 0.2) is 42.5 Å². The van der Waals surface area contributed by atoms with Crippen molar-refractivity contribution in [3.63, 3.8) is 0 Å². The van der Waals surface area contributed by atoms with E-state index in [-0.39, 0.29) is 23.8 Å². The van der Waals surface area contributed by atoms with E-state index in [1.54, 1.807) is 6.07 Å². The standard InChI is InChI=1S/C15H13F2NO5/c1-21-11-5-6-14(13(8-11)18(19)20)22-9-10-3-2-4-12(7-10)23-15(16)17/h2-8,15H,9H2,1H3. The third kappa shape index (κ3) is 4.53. The van der Waals surface area contributed by atoms with Crippen molar-refractivity contribution < 1.29 is 27.9 Å². The van der Waals surface area contributed by atoms with E-state index in [4.69, 9.17) is 9.47 Å². The van der Waals surface area contributed by atoms with Crippen molar-refractivity contribution in [2.45, 2.75) is 13.2 Å². The minimum Gasteiger partial charge on any atom is -0.496 e. The third-order valence-electron chi connectivity index (χ3n) is 2.88. The summed E-state index contributed by atoms with van der Waals surface area (Å²) in [6, 6.07) is 10.1. The normalized spacial score (nSPS) is 10.4.